The van der Waals surface area contributed by atoms with Gasteiger partial charge in [0.2, 0.25) is 0 Å². The summed E-state index contributed by atoms with van der Waals surface area (Å²) >= 11 is 0. The van der Waals surface area contributed by atoms with Crippen molar-refractivity contribution in [3.63, 3.8) is 0 Å². The van der Waals surface area contributed by atoms with E-state index in [1.165, 1.54) is 13.0 Å². The van der Waals surface area contributed by atoms with Crippen LogP contribution in [0.15, 0.2) is 24.8 Å². The number of esters is 1. The third-order valence-corrected chi connectivity index (χ3v) is 1.78. The second-order valence-electron chi connectivity index (χ2n) is 3.97. The van der Waals surface area contributed by atoms with Crippen LogP contribution in [-0.4, -0.2) is 49.2 Å². The number of rotatable bonds is 7. The molecule has 0 heterocycles. The van der Waals surface area contributed by atoms with Crippen LogP contribution in [0.3, 0.4) is 0 Å². The number of carbonyl (C=O) groups excluding carboxylic acids is 1. The fraction of sp³-hybridized carbons (Fsp3) is 0.538. The van der Waals surface area contributed by atoms with Gasteiger partial charge in [0, 0.05) is 11.6 Å². The zero-order valence-corrected chi connectivity index (χ0v) is 11.4. The Labute approximate surface area is 109 Å². The molecule has 0 aliphatic rings. The minimum atomic E-state index is -0.935. The molecule has 0 bridgehead atoms. The third kappa shape index (κ3) is 16.8. The van der Waals surface area contributed by atoms with Crippen molar-refractivity contribution in [1.29, 1.82) is 0 Å². The van der Waals surface area contributed by atoms with Crippen LogP contribution >= 0.6 is 0 Å². The smallest absolute Gasteiger partial charge is 0.330 e. The number of carboxylic acid groups (broad SMARTS) is 1. The highest BCUT2D eigenvalue weighted by atomic mass is 16.5. The highest BCUT2D eigenvalue weighted by Gasteiger charge is 1.95. The van der Waals surface area contributed by atoms with Gasteiger partial charge in [-0.25, -0.2) is 9.59 Å². The molecule has 0 atom stereocenters. The Kier molecular flexibility index (Phi) is 12.3. The van der Waals surface area contributed by atoms with Crippen molar-refractivity contribution in [2.24, 2.45) is 0 Å². The van der Waals surface area contributed by atoms with E-state index < -0.39 is 5.97 Å². The number of hydrogen-bond donors (Lipinski definition) is 1. The zero-order chi connectivity index (χ0) is 14.6. The lowest BCUT2D eigenvalue weighted by atomic mass is 10.3. The van der Waals surface area contributed by atoms with Gasteiger partial charge in [-0.1, -0.05) is 13.2 Å². The molecule has 0 saturated carbocycles. The molecule has 18 heavy (non-hydrogen) atoms. The average molecular weight is 257 g/mol. The molecule has 0 aromatic heterocycles. The summed E-state index contributed by atoms with van der Waals surface area (Å²) in [4.78, 5) is 22.3. The molecule has 0 rings (SSSR count). The summed E-state index contributed by atoms with van der Waals surface area (Å²) in [5, 5.41) is 7.89. The minimum absolute atomic E-state index is 0.176. The predicted molar refractivity (Wildman–Crippen MR) is 71.4 cm³/mol. The van der Waals surface area contributed by atoms with Gasteiger partial charge in [0.05, 0.1) is 6.61 Å². The lowest BCUT2D eigenvalue weighted by Gasteiger charge is -2.08. The lowest BCUT2D eigenvalue weighted by Crippen LogP contribution is -2.13. The number of carboxylic acids is 1. The number of hydrogen-bond acceptors (Lipinski definition) is 4. The molecule has 1 N–H and O–H groups in total. The van der Waals surface area contributed by atoms with Crippen LogP contribution in [0.5, 0.6) is 0 Å². The maximum absolute atomic E-state index is 10.6. The first-order valence-electron chi connectivity index (χ1n) is 5.64. The van der Waals surface area contributed by atoms with Crippen LogP contribution in [0.25, 0.3) is 0 Å². The number of nitrogens with zero attached hydrogens (tertiary/aromatic N) is 1. The van der Waals surface area contributed by atoms with Gasteiger partial charge < -0.3 is 14.7 Å². The van der Waals surface area contributed by atoms with E-state index in [1.54, 1.807) is 0 Å². The van der Waals surface area contributed by atoms with E-state index in [1.807, 2.05) is 14.1 Å². The highest BCUT2D eigenvalue weighted by Crippen LogP contribution is 1.92. The zero-order valence-electron chi connectivity index (χ0n) is 11.4. The molecular formula is C13H23NO4. The van der Waals surface area contributed by atoms with Gasteiger partial charge in [0.1, 0.15) is 0 Å². The van der Waals surface area contributed by atoms with E-state index in [0.29, 0.717) is 6.61 Å². The molecule has 0 aromatic rings. The standard InChI is InChI=1S/C9H17NO2.C4H6O2/c1-4-9(11)12-8-6-5-7-10(2)3;1-3(2)4(5)6/h4H,1,5-8H2,2-3H3;1H2,2H3,(H,5,6). The van der Waals surface area contributed by atoms with Crippen molar-refractivity contribution >= 4 is 11.9 Å². The van der Waals surface area contributed by atoms with Crippen LogP contribution in [0.4, 0.5) is 0 Å². The van der Waals surface area contributed by atoms with Crippen molar-refractivity contribution in [2.45, 2.75) is 19.8 Å². The Morgan fingerprint density at radius 2 is 1.83 bits per heavy atom. The number of carbonyl (C=O) groups is 2. The first-order chi connectivity index (χ1) is 8.31. The molecule has 0 fully saturated rings. The minimum Gasteiger partial charge on any atom is -0.478 e. The molecule has 0 spiro atoms. The van der Waals surface area contributed by atoms with Crippen molar-refractivity contribution in [1.82, 2.24) is 4.90 Å². The topological polar surface area (TPSA) is 66.8 Å². The first kappa shape index (κ1) is 18.7. The Balaban J connectivity index is 0. The summed E-state index contributed by atoms with van der Waals surface area (Å²) in [5.41, 5.74) is 0.176. The van der Waals surface area contributed by atoms with Gasteiger partial charge in [-0.2, -0.15) is 0 Å². The van der Waals surface area contributed by atoms with Crippen molar-refractivity contribution in [3.05, 3.63) is 24.8 Å². The number of aliphatic carboxylic acids is 1. The van der Waals surface area contributed by atoms with Gasteiger partial charge >= 0.3 is 11.9 Å². The van der Waals surface area contributed by atoms with Crippen LogP contribution < -0.4 is 0 Å². The Morgan fingerprint density at radius 1 is 1.33 bits per heavy atom. The summed E-state index contributed by atoms with van der Waals surface area (Å²) in [7, 11) is 4.05. The van der Waals surface area contributed by atoms with Gasteiger partial charge in [-0.05, 0) is 40.4 Å². The summed E-state index contributed by atoms with van der Waals surface area (Å²) in [5.74, 6) is -1.27. The molecule has 0 amide bonds. The van der Waals surface area contributed by atoms with Gasteiger partial charge in [-0.15, -0.1) is 0 Å². The van der Waals surface area contributed by atoms with E-state index in [2.05, 4.69) is 18.1 Å². The quantitative estimate of drug-likeness (QED) is 0.427. The largest absolute Gasteiger partial charge is 0.478 e. The maximum Gasteiger partial charge on any atom is 0.330 e. The summed E-state index contributed by atoms with van der Waals surface area (Å²) in [6, 6.07) is 0. The van der Waals surface area contributed by atoms with Gasteiger partial charge in [0.15, 0.2) is 0 Å². The molecule has 5 nitrogen and oxygen atoms in total. The van der Waals surface area contributed by atoms with Crippen LogP contribution in [0.2, 0.25) is 0 Å². The summed E-state index contributed by atoms with van der Waals surface area (Å²) in [6.45, 7) is 9.44. The molecule has 5 heteroatoms. The normalized spacial score (nSPS) is 9.11. The fourth-order valence-electron chi connectivity index (χ4n) is 0.762. The Bertz CT molecular complexity index is 273. The van der Waals surface area contributed by atoms with E-state index >= 15 is 0 Å². The van der Waals surface area contributed by atoms with E-state index in [-0.39, 0.29) is 11.5 Å². The van der Waals surface area contributed by atoms with Crippen molar-refractivity contribution < 1.29 is 19.4 Å². The fourth-order valence-corrected chi connectivity index (χ4v) is 0.762. The molecule has 0 aliphatic carbocycles. The van der Waals surface area contributed by atoms with Crippen LogP contribution in [0.1, 0.15) is 19.8 Å². The highest BCUT2D eigenvalue weighted by molar-refractivity contribution is 5.84. The third-order valence-electron chi connectivity index (χ3n) is 1.78. The van der Waals surface area contributed by atoms with Crippen molar-refractivity contribution in [2.75, 3.05) is 27.2 Å². The first-order valence-corrected chi connectivity index (χ1v) is 5.64. The number of ether oxygens (including phenoxy) is 1. The average Bonchev–Trinajstić information content (AvgIpc) is 2.28. The van der Waals surface area contributed by atoms with E-state index in [4.69, 9.17) is 9.84 Å². The lowest BCUT2D eigenvalue weighted by molar-refractivity contribution is -0.138. The van der Waals surface area contributed by atoms with E-state index in [0.717, 1.165) is 19.4 Å². The molecule has 0 unspecified atom stereocenters. The Morgan fingerprint density at radius 3 is 2.17 bits per heavy atom. The van der Waals surface area contributed by atoms with Gasteiger partial charge in [0.25, 0.3) is 0 Å². The second kappa shape index (κ2) is 11.9. The van der Waals surface area contributed by atoms with Gasteiger partial charge in [-0.3, -0.25) is 0 Å². The summed E-state index contributed by atoms with van der Waals surface area (Å²) < 4.78 is 4.80. The molecule has 0 radical (unpaired) electrons. The monoisotopic (exact) mass is 257 g/mol. The SMILES string of the molecule is C=C(C)C(=O)O.C=CC(=O)OCCCCN(C)C. The van der Waals surface area contributed by atoms with Crippen LogP contribution in [0, 0.1) is 0 Å². The second-order valence-corrected chi connectivity index (χ2v) is 3.97. The molecule has 0 aromatic carbocycles. The van der Waals surface area contributed by atoms with Crippen molar-refractivity contribution in [3.8, 4) is 0 Å². The number of unbranched alkanes of at least 4 members (excludes halogenated alkanes) is 1. The molecule has 104 valence electrons. The Hall–Kier alpha value is -1.62. The molecular weight excluding hydrogens is 234 g/mol. The predicted octanol–water partition coefficient (Wildman–Crippen LogP) is 1.70. The molecule has 0 aliphatic heterocycles. The summed E-state index contributed by atoms with van der Waals surface area (Å²) in [6.07, 6.45) is 3.15. The van der Waals surface area contributed by atoms with E-state index in [9.17, 15) is 9.59 Å². The van der Waals surface area contributed by atoms with Crippen LogP contribution in [-0.2, 0) is 14.3 Å². The maximum atomic E-state index is 10.6. The molecule has 0 saturated heterocycles.